The molecule has 0 saturated carbocycles. The third-order valence-electron chi connectivity index (χ3n) is 5.32. The van der Waals surface area contributed by atoms with Crippen LogP contribution in [0.5, 0.6) is 5.75 Å². The molecule has 0 aromatic heterocycles. The molecule has 0 heterocycles. The van der Waals surface area contributed by atoms with Crippen molar-refractivity contribution in [2.24, 2.45) is 0 Å². The Kier molecular flexibility index (Phi) is 17.0. The molecule has 0 aliphatic heterocycles. The number of rotatable bonds is 19. The summed E-state index contributed by atoms with van der Waals surface area (Å²) in [5.41, 5.74) is 0. The zero-order chi connectivity index (χ0) is 22.6. The van der Waals surface area contributed by atoms with E-state index in [0.29, 0.717) is 30.2 Å². The molecular weight excluding hydrogens is 412 g/mol. The van der Waals surface area contributed by atoms with E-state index in [-0.39, 0.29) is 11.9 Å². The van der Waals surface area contributed by atoms with Crippen molar-refractivity contribution in [1.29, 1.82) is 0 Å². The van der Waals surface area contributed by atoms with E-state index in [0.717, 1.165) is 51.4 Å². The molecule has 0 N–H and O–H groups in total. The fourth-order valence-corrected chi connectivity index (χ4v) is 3.55. The minimum absolute atomic E-state index is 0.0621. The second-order valence-corrected chi connectivity index (χ2v) is 8.68. The fraction of sp³-hybridized carbons (Fsp3) is 0.692. The van der Waals surface area contributed by atoms with Crippen molar-refractivity contribution < 1.29 is 19.1 Å². The lowest BCUT2D eigenvalue weighted by molar-refractivity contribution is -0.144. The SMILES string of the molecule is CCCCCCCCCCOC(=O)CCCCCCCCC(=O)Oc1ccc(Cl)cc1. The molecule has 1 aromatic rings. The maximum Gasteiger partial charge on any atom is 0.311 e. The molecule has 0 radical (unpaired) electrons. The summed E-state index contributed by atoms with van der Waals surface area (Å²) in [6.07, 6.45) is 16.9. The van der Waals surface area contributed by atoms with Crippen LogP contribution in [-0.2, 0) is 14.3 Å². The van der Waals surface area contributed by atoms with Crippen molar-refractivity contribution in [1.82, 2.24) is 0 Å². The molecule has 0 aliphatic rings. The lowest BCUT2D eigenvalue weighted by Gasteiger charge is -2.06. The van der Waals surface area contributed by atoms with Gasteiger partial charge in [-0.15, -0.1) is 0 Å². The van der Waals surface area contributed by atoms with Crippen LogP contribution < -0.4 is 4.74 Å². The molecule has 4 nitrogen and oxygen atoms in total. The van der Waals surface area contributed by atoms with E-state index < -0.39 is 0 Å². The van der Waals surface area contributed by atoms with Gasteiger partial charge in [-0.1, -0.05) is 89.2 Å². The first-order chi connectivity index (χ1) is 15.1. The van der Waals surface area contributed by atoms with Gasteiger partial charge >= 0.3 is 11.9 Å². The third-order valence-corrected chi connectivity index (χ3v) is 5.57. The fourth-order valence-electron chi connectivity index (χ4n) is 3.43. The Morgan fingerprint density at radius 1 is 0.677 bits per heavy atom. The zero-order valence-electron chi connectivity index (χ0n) is 19.3. The zero-order valence-corrected chi connectivity index (χ0v) is 20.1. The van der Waals surface area contributed by atoms with E-state index in [1.54, 1.807) is 24.3 Å². The highest BCUT2D eigenvalue weighted by atomic mass is 35.5. The van der Waals surface area contributed by atoms with Gasteiger partial charge < -0.3 is 9.47 Å². The van der Waals surface area contributed by atoms with Crippen LogP contribution in [0.15, 0.2) is 24.3 Å². The van der Waals surface area contributed by atoms with Crippen LogP contribution >= 0.6 is 11.6 Å². The number of halogens is 1. The van der Waals surface area contributed by atoms with Crippen molar-refractivity contribution in [3.8, 4) is 5.75 Å². The van der Waals surface area contributed by atoms with Gasteiger partial charge in [-0.05, 0) is 43.5 Å². The Morgan fingerprint density at radius 2 is 1.16 bits per heavy atom. The van der Waals surface area contributed by atoms with Crippen LogP contribution in [0.1, 0.15) is 110 Å². The highest BCUT2D eigenvalue weighted by molar-refractivity contribution is 6.30. The van der Waals surface area contributed by atoms with Crippen molar-refractivity contribution in [2.75, 3.05) is 6.61 Å². The van der Waals surface area contributed by atoms with Gasteiger partial charge in [0.15, 0.2) is 0 Å². The van der Waals surface area contributed by atoms with Crippen molar-refractivity contribution >= 4 is 23.5 Å². The van der Waals surface area contributed by atoms with Gasteiger partial charge in [0.25, 0.3) is 0 Å². The quantitative estimate of drug-likeness (QED) is 0.121. The summed E-state index contributed by atoms with van der Waals surface area (Å²) in [7, 11) is 0. The molecule has 1 rings (SSSR count). The second-order valence-electron chi connectivity index (χ2n) is 8.24. The Bertz CT molecular complexity index is 586. The molecule has 1 aromatic carbocycles. The van der Waals surface area contributed by atoms with Crippen LogP contribution in [0, 0.1) is 0 Å². The van der Waals surface area contributed by atoms with Gasteiger partial charge in [0.05, 0.1) is 6.61 Å². The van der Waals surface area contributed by atoms with Crippen LogP contribution in [0.4, 0.5) is 0 Å². The monoisotopic (exact) mass is 452 g/mol. The summed E-state index contributed by atoms with van der Waals surface area (Å²) < 4.78 is 10.6. The maximum atomic E-state index is 11.8. The number of hydrogen-bond donors (Lipinski definition) is 0. The molecule has 0 amide bonds. The molecule has 0 saturated heterocycles. The number of unbranched alkanes of at least 4 members (excludes halogenated alkanes) is 12. The van der Waals surface area contributed by atoms with Crippen LogP contribution in [0.3, 0.4) is 0 Å². The summed E-state index contributed by atoms with van der Waals surface area (Å²) >= 11 is 5.81. The Labute approximate surface area is 194 Å². The molecule has 0 fully saturated rings. The van der Waals surface area contributed by atoms with Gasteiger partial charge in [-0.25, -0.2) is 0 Å². The van der Waals surface area contributed by atoms with Crippen LogP contribution in [0.2, 0.25) is 5.02 Å². The molecule has 0 aliphatic carbocycles. The molecule has 0 bridgehead atoms. The average Bonchev–Trinajstić information content (AvgIpc) is 2.76. The third kappa shape index (κ3) is 16.8. The Morgan fingerprint density at radius 3 is 1.74 bits per heavy atom. The molecule has 5 heteroatoms. The summed E-state index contributed by atoms with van der Waals surface area (Å²) in [6.45, 7) is 2.81. The number of carbonyl (C=O) groups excluding carboxylic acids is 2. The molecular formula is C26H41ClO4. The molecule has 176 valence electrons. The molecule has 0 spiro atoms. The van der Waals surface area contributed by atoms with Gasteiger partial charge in [0.2, 0.25) is 0 Å². The van der Waals surface area contributed by atoms with E-state index in [9.17, 15) is 9.59 Å². The van der Waals surface area contributed by atoms with E-state index in [2.05, 4.69) is 6.92 Å². The summed E-state index contributed by atoms with van der Waals surface area (Å²) in [4.78, 5) is 23.5. The highest BCUT2D eigenvalue weighted by Gasteiger charge is 2.05. The number of ether oxygens (including phenoxy) is 2. The molecule has 0 atom stereocenters. The summed E-state index contributed by atoms with van der Waals surface area (Å²) in [5, 5.41) is 0.622. The van der Waals surface area contributed by atoms with E-state index in [1.807, 2.05) is 0 Å². The second kappa shape index (κ2) is 19.2. The minimum atomic E-state index is -0.207. The van der Waals surface area contributed by atoms with E-state index in [1.165, 1.54) is 38.5 Å². The Balaban J connectivity index is 1.84. The maximum absolute atomic E-state index is 11.8. The largest absolute Gasteiger partial charge is 0.466 e. The first-order valence-corrected chi connectivity index (χ1v) is 12.6. The summed E-state index contributed by atoms with van der Waals surface area (Å²) in [5.74, 6) is 0.262. The average molecular weight is 453 g/mol. The predicted octanol–water partition coefficient (Wildman–Crippen LogP) is 8.05. The van der Waals surface area contributed by atoms with Gasteiger partial charge in [0.1, 0.15) is 5.75 Å². The Hall–Kier alpha value is -1.55. The lowest BCUT2D eigenvalue weighted by atomic mass is 10.1. The number of hydrogen-bond acceptors (Lipinski definition) is 4. The van der Waals surface area contributed by atoms with Gasteiger partial charge in [0, 0.05) is 17.9 Å². The van der Waals surface area contributed by atoms with Crippen LogP contribution in [0.25, 0.3) is 0 Å². The highest BCUT2D eigenvalue weighted by Crippen LogP contribution is 2.17. The topological polar surface area (TPSA) is 52.6 Å². The first-order valence-electron chi connectivity index (χ1n) is 12.2. The number of esters is 2. The summed E-state index contributed by atoms with van der Waals surface area (Å²) in [6, 6.07) is 6.80. The molecule has 0 unspecified atom stereocenters. The smallest absolute Gasteiger partial charge is 0.311 e. The predicted molar refractivity (Wildman–Crippen MR) is 128 cm³/mol. The first kappa shape index (κ1) is 27.5. The normalized spacial score (nSPS) is 10.8. The van der Waals surface area contributed by atoms with Gasteiger partial charge in [-0.3, -0.25) is 9.59 Å². The van der Waals surface area contributed by atoms with Gasteiger partial charge in [-0.2, -0.15) is 0 Å². The standard InChI is InChI=1S/C26H41ClO4/c1-2-3-4-5-6-9-12-15-22-30-25(28)16-13-10-7-8-11-14-17-26(29)31-24-20-18-23(27)19-21-24/h18-21H,2-17,22H2,1H3. The van der Waals surface area contributed by atoms with Crippen molar-refractivity contribution in [3.63, 3.8) is 0 Å². The number of carbonyl (C=O) groups is 2. The van der Waals surface area contributed by atoms with E-state index in [4.69, 9.17) is 21.1 Å². The lowest BCUT2D eigenvalue weighted by Crippen LogP contribution is -2.07. The van der Waals surface area contributed by atoms with Crippen LogP contribution in [-0.4, -0.2) is 18.5 Å². The molecule has 31 heavy (non-hydrogen) atoms. The van der Waals surface area contributed by atoms with Crippen molar-refractivity contribution in [2.45, 2.75) is 110 Å². The van der Waals surface area contributed by atoms with Crippen molar-refractivity contribution in [3.05, 3.63) is 29.3 Å². The minimum Gasteiger partial charge on any atom is -0.466 e. The number of benzene rings is 1. The van der Waals surface area contributed by atoms with E-state index >= 15 is 0 Å².